The second-order valence-electron chi connectivity index (χ2n) is 4.41. The predicted octanol–water partition coefficient (Wildman–Crippen LogP) is 4.85. The third-order valence-corrected chi connectivity index (χ3v) is 2.22. The van der Waals surface area contributed by atoms with Crippen LogP contribution in [0.3, 0.4) is 0 Å². The minimum absolute atomic E-state index is 0.701. The molecule has 0 aromatic rings. The van der Waals surface area contributed by atoms with E-state index in [-0.39, 0.29) is 0 Å². The maximum atomic E-state index is 4.20. The molecule has 0 aliphatic heterocycles. The van der Waals surface area contributed by atoms with Crippen LogP contribution < -0.4 is 0 Å². The van der Waals surface area contributed by atoms with Crippen LogP contribution in [0.4, 0.5) is 0 Å². The highest BCUT2D eigenvalue weighted by molar-refractivity contribution is 6.36. The van der Waals surface area contributed by atoms with Crippen molar-refractivity contribution in [3.63, 3.8) is 0 Å². The number of allylic oxidation sites excluding steroid dienone is 8. The number of rotatable bonds is 8. The molecule has 0 saturated heterocycles. The summed E-state index contributed by atoms with van der Waals surface area (Å²) < 4.78 is 0. The molecule has 0 aliphatic carbocycles. The summed E-state index contributed by atoms with van der Waals surface area (Å²) in [6.45, 7) is 15.5. The molecule has 2 nitrogen and oxygen atoms in total. The standard InChI is InChI=1S/C18H24N2/c1-7-10-17(5)20-14-18(19-6)12-9-8-11-16(4)13-15(2)3/h7-12,14H,2,4-5,13H2,1,3,6H3/b10-7+,11-8-,12-9-,19-18?,20-14?. The third-order valence-electron chi connectivity index (χ3n) is 2.22. The zero-order valence-corrected chi connectivity index (χ0v) is 12.8. The van der Waals surface area contributed by atoms with Crippen LogP contribution in [0.5, 0.6) is 0 Å². The van der Waals surface area contributed by atoms with Crippen molar-refractivity contribution in [1.82, 2.24) is 0 Å². The van der Waals surface area contributed by atoms with Crippen molar-refractivity contribution in [3.05, 3.63) is 73.0 Å². The molecule has 0 rings (SSSR count). The number of nitrogens with zero attached hydrogens (tertiary/aromatic N) is 2. The van der Waals surface area contributed by atoms with Crippen LogP contribution in [0.1, 0.15) is 20.3 Å². The second-order valence-corrected chi connectivity index (χ2v) is 4.41. The van der Waals surface area contributed by atoms with Crippen LogP contribution in [0.2, 0.25) is 0 Å². The lowest BCUT2D eigenvalue weighted by atomic mass is 10.1. The Morgan fingerprint density at radius 1 is 1.05 bits per heavy atom. The second kappa shape index (κ2) is 10.7. The zero-order chi connectivity index (χ0) is 15.4. The summed E-state index contributed by atoms with van der Waals surface area (Å²) in [5.41, 5.74) is 3.62. The zero-order valence-electron chi connectivity index (χ0n) is 12.8. The molecular formula is C18H24N2. The molecule has 2 heteroatoms. The molecule has 0 fully saturated rings. The summed E-state index contributed by atoms with van der Waals surface area (Å²) >= 11 is 0. The fourth-order valence-corrected chi connectivity index (χ4v) is 1.35. The van der Waals surface area contributed by atoms with Gasteiger partial charge >= 0.3 is 0 Å². The first-order chi connectivity index (χ1) is 9.49. The normalized spacial score (nSPS) is 13.1. The Balaban J connectivity index is 4.48. The van der Waals surface area contributed by atoms with Crippen LogP contribution in [-0.2, 0) is 0 Å². The molecule has 0 atom stereocenters. The van der Waals surface area contributed by atoms with Gasteiger partial charge in [-0.05, 0) is 32.4 Å². The van der Waals surface area contributed by atoms with Gasteiger partial charge in [-0.1, -0.05) is 55.2 Å². The minimum atomic E-state index is 0.701. The lowest BCUT2D eigenvalue weighted by Crippen LogP contribution is -1.94. The lowest BCUT2D eigenvalue weighted by Gasteiger charge is -1.96. The molecule has 0 N–H and O–H groups in total. The van der Waals surface area contributed by atoms with E-state index in [9.17, 15) is 0 Å². The summed E-state index contributed by atoms with van der Waals surface area (Å²) in [7, 11) is 1.73. The fraction of sp³-hybridized carbons (Fsp3) is 0.222. The number of hydrogen-bond acceptors (Lipinski definition) is 2. The van der Waals surface area contributed by atoms with Gasteiger partial charge in [0.1, 0.15) is 0 Å². The molecule has 0 aromatic heterocycles. The van der Waals surface area contributed by atoms with Gasteiger partial charge < -0.3 is 0 Å². The van der Waals surface area contributed by atoms with Gasteiger partial charge in [0, 0.05) is 7.05 Å². The minimum Gasteiger partial charge on any atom is -0.287 e. The fourth-order valence-electron chi connectivity index (χ4n) is 1.35. The quantitative estimate of drug-likeness (QED) is 0.341. The van der Waals surface area contributed by atoms with Gasteiger partial charge in [0.25, 0.3) is 0 Å². The van der Waals surface area contributed by atoms with Crippen molar-refractivity contribution >= 4 is 11.9 Å². The van der Waals surface area contributed by atoms with Crippen LogP contribution >= 0.6 is 0 Å². The summed E-state index contributed by atoms with van der Waals surface area (Å²) in [4.78, 5) is 8.33. The maximum absolute atomic E-state index is 4.20. The number of aliphatic imine (C=N–C) groups is 2. The summed E-state index contributed by atoms with van der Waals surface area (Å²) in [6, 6.07) is 0. The Morgan fingerprint density at radius 2 is 1.70 bits per heavy atom. The third kappa shape index (κ3) is 9.77. The van der Waals surface area contributed by atoms with E-state index in [0.717, 1.165) is 23.3 Å². The molecule has 0 unspecified atom stereocenters. The summed E-state index contributed by atoms with van der Waals surface area (Å²) in [5, 5.41) is 0. The van der Waals surface area contributed by atoms with Crippen molar-refractivity contribution in [2.24, 2.45) is 9.98 Å². The van der Waals surface area contributed by atoms with Crippen LogP contribution in [0.25, 0.3) is 0 Å². The van der Waals surface area contributed by atoms with E-state index in [1.165, 1.54) is 0 Å². The molecule has 0 amide bonds. The Hall–Kier alpha value is -2.22. The van der Waals surface area contributed by atoms with Gasteiger partial charge in [-0.3, -0.25) is 9.98 Å². The van der Waals surface area contributed by atoms with Gasteiger partial charge in [-0.25, -0.2) is 0 Å². The van der Waals surface area contributed by atoms with E-state index in [2.05, 4.69) is 29.7 Å². The van der Waals surface area contributed by atoms with Gasteiger partial charge in [0.05, 0.1) is 17.6 Å². The van der Waals surface area contributed by atoms with Crippen LogP contribution in [-0.4, -0.2) is 19.0 Å². The maximum Gasteiger partial charge on any atom is 0.0753 e. The molecule has 0 radical (unpaired) electrons. The largest absolute Gasteiger partial charge is 0.287 e. The average Bonchev–Trinajstić information content (AvgIpc) is 2.37. The highest BCUT2D eigenvalue weighted by Crippen LogP contribution is 2.07. The Kier molecular flexibility index (Phi) is 9.49. The molecule has 0 aliphatic rings. The number of hydrogen-bond donors (Lipinski definition) is 0. The summed E-state index contributed by atoms with van der Waals surface area (Å²) in [5.74, 6) is 0. The molecule has 20 heavy (non-hydrogen) atoms. The predicted molar refractivity (Wildman–Crippen MR) is 92.7 cm³/mol. The van der Waals surface area contributed by atoms with Gasteiger partial charge in [0.2, 0.25) is 0 Å². The molecule has 0 bridgehead atoms. The first-order valence-electron chi connectivity index (χ1n) is 6.49. The van der Waals surface area contributed by atoms with E-state index >= 15 is 0 Å². The Bertz CT molecular complexity index is 498. The van der Waals surface area contributed by atoms with Crippen molar-refractivity contribution in [2.75, 3.05) is 7.05 Å². The SMILES string of the molecule is C=C(C)CC(=C)/C=C\C=C/C(C=NC(=C)/C=C/C)=NC. The van der Waals surface area contributed by atoms with Crippen molar-refractivity contribution in [1.29, 1.82) is 0 Å². The molecule has 0 saturated carbocycles. The highest BCUT2D eigenvalue weighted by Gasteiger charge is 1.89. The van der Waals surface area contributed by atoms with Crippen molar-refractivity contribution in [3.8, 4) is 0 Å². The Labute approximate surface area is 123 Å². The first kappa shape index (κ1) is 17.8. The molecule has 0 aromatic carbocycles. The van der Waals surface area contributed by atoms with E-state index in [1.807, 2.05) is 50.3 Å². The average molecular weight is 268 g/mol. The first-order valence-corrected chi connectivity index (χ1v) is 6.49. The van der Waals surface area contributed by atoms with Crippen molar-refractivity contribution < 1.29 is 0 Å². The van der Waals surface area contributed by atoms with Crippen LogP contribution in [0.15, 0.2) is 83.0 Å². The van der Waals surface area contributed by atoms with E-state index < -0.39 is 0 Å². The molecule has 0 spiro atoms. The molecule has 0 heterocycles. The molecule has 106 valence electrons. The van der Waals surface area contributed by atoms with Gasteiger partial charge in [-0.2, -0.15) is 0 Å². The highest BCUT2D eigenvalue weighted by atomic mass is 14.8. The van der Waals surface area contributed by atoms with E-state index in [4.69, 9.17) is 0 Å². The summed E-state index contributed by atoms with van der Waals surface area (Å²) in [6.07, 6.45) is 14.0. The van der Waals surface area contributed by atoms with E-state index in [0.29, 0.717) is 5.70 Å². The van der Waals surface area contributed by atoms with E-state index in [1.54, 1.807) is 13.3 Å². The topological polar surface area (TPSA) is 24.7 Å². The smallest absolute Gasteiger partial charge is 0.0753 e. The monoisotopic (exact) mass is 268 g/mol. The van der Waals surface area contributed by atoms with Gasteiger partial charge in [-0.15, -0.1) is 0 Å². The van der Waals surface area contributed by atoms with Crippen molar-refractivity contribution in [2.45, 2.75) is 20.3 Å². The van der Waals surface area contributed by atoms with Crippen LogP contribution in [0, 0.1) is 0 Å². The van der Waals surface area contributed by atoms with Gasteiger partial charge in [0.15, 0.2) is 0 Å². The molecular weight excluding hydrogens is 244 g/mol. The Morgan fingerprint density at radius 3 is 2.25 bits per heavy atom. The lowest BCUT2D eigenvalue weighted by molar-refractivity contribution is 1.17.